The second-order valence-corrected chi connectivity index (χ2v) is 3.27. The number of hydrogen-bond donors (Lipinski definition) is 1. The normalized spacial score (nSPS) is 13.6. The molecule has 0 radical (unpaired) electrons. The van der Waals surface area contributed by atoms with Crippen LogP contribution in [0.4, 0.5) is 0 Å². The highest BCUT2D eigenvalue weighted by atomic mass is 16.5. The third-order valence-electron chi connectivity index (χ3n) is 1.68. The van der Waals surface area contributed by atoms with Crippen molar-refractivity contribution < 1.29 is 4.52 Å². The fourth-order valence-corrected chi connectivity index (χ4v) is 1.04. The Labute approximate surface area is 77.9 Å². The summed E-state index contributed by atoms with van der Waals surface area (Å²) in [5, 5.41) is 3.80. The average molecular weight is 184 g/mol. The first-order valence-electron chi connectivity index (χ1n) is 4.36. The first kappa shape index (κ1) is 10.1. The Morgan fingerprint density at radius 3 is 2.69 bits per heavy atom. The minimum Gasteiger partial charge on any atom is -0.339 e. The van der Waals surface area contributed by atoms with E-state index < -0.39 is 0 Å². The van der Waals surface area contributed by atoms with Crippen LogP contribution in [-0.2, 0) is 6.42 Å². The van der Waals surface area contributed by atoms with Crippen LogP contribution < -0.4 is 5.73 Å². The van der Waals surface area contributed by atoms with Crippen molar-refractivity contribution in [2.24, 2.45) is 5.73 Å². The van der Waals surface area contributed by atoms with Crippen molar-refractivity contribution in [1.29, 1.82) is 0 Å². The van der Waals surface area contributed by atoms with E-state index in [0.29, 0.717) is 11.7 Å². The first-order valence-corrected chi connectivity index (χ1v) is 4.36. The van der Waals surface area contributed by atoms with E-state index >= 15 is 0 Å². The van der Waals surface area contributed by atoms with Crippen LogP contribution in [0.5, 0.6) is 0 Å². The lowest BCUT2D eigenvalue weighted by molar-refractivity contribution is 0.347. The minimum atomic E-state index is -0.168. The van der Waals surface area contributed by atoms with Crippen molar-refractivity contribution in [3.63, 3.8) is 0 Å². The molecule has 13 heavy (non-hydrogen) atoms. The van der Waals surface area contributed by atoms with Gasteiger partial charge in [-0.15, -0.1) is 0 Å². The summed E-state index contributed by atoms with van der Waals surface area (Å²) >= 11 is 0. The molecule has 74 valence electrons. The van der Waals surface area contributed by atoms with Gasteiger partial charge in [-0.05, 0) is 14.1 Å². The molecule has 0 saturated heterocycles. The van der Waals surface area contributed by atoms with Crippen LogP contribution in [0.3, 0.4) is 0 Å². The highest BCUT2D eigenvalue weighted by Crippen LogP contribution is 2.06. The number of nitrogens with two attached hydrogens (primary N) is 1. The summed E-state index contributed by atoms with van der Waals surface area (Å²) in [6, 6.07) is -0.168. The van der Waals surface area contributed by atoms with Gasteiger partial charge in [-0.3, -0.25) is 0 Å². The number of rotatable bonds is 4. The van der Waals surface area contributed by atoms with Gasteiger partial charge in [0, 0.05) is 13.0 Å². The van der Waals surface area contributed by atoms with Gasteiger partial charge in [0.25, 0.3) is 0 Å². The molecule has 5 nitrogen and oxygen atoms in total. The van der Waals surface area contributed by atoms with Crippen molar-refractivity contribution >= 4 is 0 Å². The van der Waals surface area contributed by atoms with E-state index in [1.165, 1.54) is 0 Å². The van der Waals surface area contributed by atoms with E-state index in [4.69, 9.17) is 10.3 Å². The molecule has 1 unspecified atom stereocenters. The zero-order valence-electron chi connectivity index (χ0n) is 8.32. The summed E-state index contributed by atoms with van der Waals surface area (Å²) in [5.41, 5.74) is 5.84. The van der Waals surface area contributed by atoms with Crippen molar-refractivity contribution in [2.75, 3.05) is 20.6 Å². The summed E-state index contributed by atoms with van der Waals surface area (Å²) in [5.74, 6) is 1.23. The molecule has 1 aromatic rings. The zero-order chi connectivity index (χ0) is 9.84. The molecular weight excluding hydrogens is 168 g/mol. The largest absolute Gasteiger partial charge is 0.339 e. The molecule has 0 aliphatic heterocycles. The van der Waals surface area contributed by atoms with E-state index in [1.54, 1.807) is 0 Å². The molecule has 1 heterocycles. The van der Waals surface area contributed by atoms with Crippen LogP contribution in [0.2, 0.25) is 0 Å². The predicted molar refractivity (Wildman–Crippen MR) is 49.2 cm³/mol. The van der Waals surface area contributed by atoms with Crippen molar-refractivity contribution in [1.82, 2.24) is 15.0 Å². The molecule has 2 N–H and O–H groups in total. The monoisotopic (exact) mass is 184 g/mol. The number of aromatic nitrogens is 2. The van der Waals surface area contributed by atoms with E-state index in [1.807, 2.05) is 25.9 Å². The van der Waals surface area contributed by atoms with Gasteiger partial charge in [0.1, 0.15) is 0 Å². The maximum Gasteiger partial charge on any atom is 0.226 e. The summed E-state index contributed by atoms with van der Waals surface area (Å²) in [6.07, 6.45) is 0.752. The van der Waals surface area contributed by atoms with Gasteiger partial charge in [-0.1, -0.05) is 12.1 Å². The van der Waals surface area contributed by atoms with Gasteiger partial charge >= 0.3 is 0 Å². The standard InChI is InChI=1S/C8H16N4O/c1-4-7-10-8(11-13-7)6(9)5-12(2)3/h6H,4-5,9H2,1-3H3. The van der Waals surface area contributed by atoms with Gasteiger partial charge in [0.2, 0.25) is 5.89 Å². The zero-order valence-corrected chi connectivity index (χ0v) is 8.32. The number of aryl methyl sites for hydroxylation is 1. The van der Waals surface area contributed by atoms with Crippen LogP contribution in [0, 0.1) is 0 Å². The average Bonchev–Trinajstić information content (AvgIpc) is 2.50. The fourth-order valence-electron chi connectivity index (χ4n) is 1.04. The van der Waals surface area contributed by atoms with Crippen LogP contribution in [-0.4, -0.2) is 35.7 Å². The lowest BCUT2D eigenvalue weighted by atomic mass is 10.3. The molecule has 0 bridgehead atoms. The predicted octanol–water partition coefficient (Wildman–Crippen LogP) is 0.193. The van der Waals surface area contributed by atoms with E-state index in [2.05, 4.69) is 10.1 Å². The van der Waals surface area contributed by atoms with Crippen LogP contribution in [0.25, 0.3) is 0 Å². The van der Waals surface area contributed by atoms with Gasteiger partial charge in [0.15, 0.2) is 5.82 Å². The van der Waals surface area contributed by atoms with E-state index in [0.717, 1.165) is 13.0 Å². The first-order chi connectivity index (χ1) is 6.13. The second kappa shape index (κ2) is 4.34. The smallest absolute Gasteiger partial charge is 0.226 e. The summed E-state index contributed by atoms with van der Waals surface area (Å²) in [4.78, 5) is 6.14. The second-order valence-electron chi connectivity index (χ2n) is 3.27. The maximum absolute atomic E-state index is 5.84. The molecule has 0 aliphatic rings. The molecule has 0 amide bonds. The quantitative estimate of drug-likeness (QED) is 0.723. The molecule has 0 fully saturated rings. The highest BCUT2D eigenvalue weighted by molar-refractivity contribution is 4.93. The Morgan fingerprint density at radius 2 is 2.23 bits per heavy atom. The van der Waals surface area contributed by atoms with E-state index in [9.17, 15) is 0 Å². The topological polar surface area (TPSA) is 68.2 Å². The van der Waals surface area contributed by atoms with Crippen molar-refractivity contribution in [3.8, 4) is 0 Å². The molecular formula is C8H16N4O. The van der Waals surface area contributed by atoms with E-state index in [-0.39, 0.29) is 6.04 Å². The molecule has 0 spiro atoms. The fraction of sp³-hybridized carbons (Fsp3) is 0.750. The van der Waals surface area contributed by atoms with Crippen LogP contribution in [0.1, 0.15) is 24.7 Å². The summed E-state index contributed by atoms with van der Waals surface area (Å²) < 4.78 is 4.96. The molecule has 5 heteroatoms. The molecule has 1 atom stereocenters. The Bertz CT molecular complexity index is 258. The minimum absolute atomic E-state index is 0.168. The Morgan fingerprint density at radius 1 is 1.54 bits per heavy atom. The summed E-state index contributed by atoms with van der Waals surface area (Å²) in [7, 11) is 3.92. The Balaban J connectivity index is 2.60. The Kier molecular flexibility index (Phi) is 3.39. The van der Waals surface area contributed by atoms with Crippen molar-refractivity contribution in [3.05, 3.63) is 11.7 Å². The third-order valence-corrected chi connectivity index (χ3v) is 1.68. The molecule has 0 aromatic carbocycles. The summed E-state index contributed by atoms with van der Waals surface area (Å²) in [6.45, 7) is 2.69. The van der Waals surface area contributed by atoms with Crippen LogP contribution >= 0.6 is 0 Å². The molecule has 0 saturated carbocycles. The Hall–Kier alpha value is -0.940. The van der Waals surface area contributed by atoms with Gasteiger partial charge in [-0.2, -0.15) is 4.98 Å². The molecule has 1 rings (SSSR count). The van der Waals surface area contributed by atoms with Gasteiger partial charge in [-0.25, -0.2) is 0 Å². The number of hydrogen-bond acceptors (Lipinski definition) is 5. The van der Waals surface area contributed by atoms with Gasteiger partial charge < -0.3 is 15.2 Å². The lowest BCUT2D eigenvalue weighted by Crippen LogP contribution is -2.26. The third kappa shape index (κ3) is 2.78. The molecule has 1 aromatic heterocycles. The maximum atomic E-state index is 5.84. The van der Waals surface area contributed by atoms with Crippen LogP contribution in [0.15, 0.2) is 4.52 Å². The number of nitrogens with zero attached hydrogens (tertiary/aromatic N) is 3. The SMILES string of the molecule is CCc1nc(C(N)CN(C)C)no1. The van der Waals surface area contributed by atoms with Crippen molar-refractivity contribution in [2.45, 2.75) is 19.4 Å². The lowest BCUT2D eigenvalue weighted by Gasteiger charge is -2.12. The van der Waals surface area contributed by atoms with Gasteiger partial charge in [0.05, 0.1) is 6.04 Å². The number of likely N-dealkylation sites (N-methyl/N-ethyl adjacent to an activating group) is 1. The highest BCUT2D eigenvalue weighted by Gasteiger charge is 2.13. The molecule has 0 aliphatic carbocycles.